The molecule has 1 saturated heterocycles. The zero-order chi connectivity index (χ0) is 19.8. The number of nitrogens with zero attached hydrogens (tertiary/aromatic N) is 1. The van der Waals surface area contributed by atoms with E-state index in [4.69, 9.17) is 4.74 Å². The molecule has 1 aromatic carbocycles. The Bertz CT molecular complexity index is 702. The van der Waals surface area contributed by atoms with E-state index in [1.807, 2.05) is 6.92 Å². The summed E-state index contributed by atoms with van der Waals surface area (Å²) < 4.78 is 4.97. The van der Waals surface area contributed by atoms with Gasteiger partial charge in [0.25, 0.3) is 5.91 Å². The minimum Gasteiger partial charge on any atom is -0.452 e. The van der Waals surface area contributed by atoms with E-state index < -0.39 is 24.5 Å². The first-order valence-corrected chi connectivity index (χ1v) is 9.07. The lowest BCUT2D eigenvalue weighted by atomic mass is 10.2. The van der Waals surface area contributed by atoms with Crippen LogP contribution in [0.5, 0.6) is 0 Å². The van der Waals surface area contributed by atoms with Gasteiger partial charge in [-0.25, -0.2) is 4.79 Å². The first-order chi connectivity index (χ1) is 12.9. The highest BCUT2D eigenvalue weighted by Gasteiger charge is 2.22. The van der Waals surface area contributed by atoms with Crippen molar-refractivity contribution in [3.63, 3.8) is 0 Å². The van der Waals surface area contributed by atoms with Gasteiger partial charge < -0.3 is 20.3 Å². The highest BCUT2D eigenvalue weighted by molar-refractivity contribution is 5.96. The van der Waals surface area contributed by atoms with Crippen molar-refractivity contribution in [1.82, 2.24) is 10.6 Å². The zero-order valence-corrected chi connectivity index (χ0v) is 15.6. The SMILES string of the molecule is CCCNC(=O)[C@H](C)NC(=O)COC(=O)c1ccc(N2CCCC2=O)cc1. The Kier molecular flexibility index (Phi) is 7.34. The third kappa shape index (κ3) is 5.80. The predicted molar refractivity (Wildman–Crippen MR) is 99.2 cm³/mol. The van der Waals surface area contributed by atoms with E-state index in [-0.39, 0.29) is 17.4 Å². The number of ether oxygens (including phenoxy) is 1. The third-order valence-corrected chi connectivity index (χ3v) is 4.14. The van der Waals surface area contributed by atoms with Gasteiger partial charge in [0.05, 0.1) is 5.56 Å². The Morgan fingerprint density at radius 3 is 2.52 bits per heavy atom. The number of amides is 3. The fraction of sp³-hybridized carbons (Fsp3) is 0.474. The molecule has 146 valence electrons. The van der Waals surface area contributed by atoms with E-state index in [9.17, 15) is 19.2 Å². The average molecular weight is 375 g/mol. The summed E-state index contributed by atoms with van der Waals surface area (Å²) in [7, 11) is 0. The molecule has 1 atom stereocenters. The number of carbonyl (C=O) groups excluding carboxylic acids is 4. The summed E-state index contributed by atoms with van der Waals surface area (Å²) >= 11 is 0. The van der Waals surface area contributed by atoms with Crippen molar-refractivity contribution in [3.8, 4) is 0 Å². The van der Waals surface area contributed by atoms with E-state index in [1.54, 1.807) is 36.1 Å². The number of hydrogen-bond acceptors (Lipinski definition) is 5. The van der Waals surface area contributed by atoms with Gasteiger partial charge in [-0.1, -0.05) is 6.92 Å². The van der Waals surface area contributed by atoms with Gasteiger partial charge in [-0.15, -0.1) is 0 Å². The lowest BCUT2D eigenvalue weighted by molar-refractivity contribution is -0.130. The summed E-state index contributed by atoms with van der Waals surface area (Å²) in [6.07, 6.45) is 2.16. The van der Waals surface area contributed by atoms with Crippen LogP contribution < -0.4 is 15.5 Å². The first-order valence-electron chi connectivity index (χ1n) is 9.07. The second kappa shape index (κ2) is 9.70. The zero-order valence-electron chi connectivity index (χ0n) is 15.6. The molecule has 0 saturated carbocycles. The average Bonchev–Trinajstić information content (AvgIpc) is 3.10. The highest BCUT2D eigenvalue weighted by atomic mass is 16.5. The molecule has 1 aromatic rings. The van der Waals surface area contributed by atoms with Crippen molar-refractivity contribution in [2.45, 2.75) is 39.2 Å². The molecule has 1 fully saturated rings. The molecule has 2 N–H and O–H groups in total. The third-order valence-electron chi connectivity index (χ3n) is 4.14. The summed E-state index contributed by atoms with van der Waals surface area (Å²) in [6, 6.07) is 5.77. The summed E-state index contributed by atoms with van der Waals surface area (Å²) in [6.45, 7) is 4.22. The maximum Gasteiger partial charge on any atom is 0.338 e. The van der Waals surface area contributed by atoms with Gasteiger partial charge in [0, 0.05) is 25.2 Å². The Morgan fingerprint density at radius 1 is 1.22 bits per heavy atom. The number of esters is 1. The molecule has 2 rings (SSSR count). The number of anilines is 1. The van der Waals surface area contributed by atoms with Gasteiger partial charge in [0.15, 0.2) is 6.61 Å². The number of hydrogen-bond donors (Lipinski definition) is 2. The molecule has 0 bridgehead atoms. The van der Waals surface area contributed by atoms with Crippen molar-refractivity contribution in [2.75, 3.05) is 24.6 Å². The molecule has 0 aliphatic carbocycles. The summed E-state index contributed by atoms with van der Waals surface area (Å²) in [5.41, 5.74) is 1.02. The molecule has 0 unspecified atom stereocenters. The fourth-order valence-corrected chi connectivity index (χ4v) is 2.66. The topological polar surface area (TPSA) is 105 Å². The normalized spacial score (nSPS) is 14.6. The van der Waals surface area contributed by atoms with E-state index >= 15 is 0 Å². The minimum atomic E-state index is -0.708. The largest absolute Gasteiger partial charge is 0.452 e. The van der Waals surface area contributed by atoms with Crippen molar-refractivity contribution >= 4 is 29.4 Å². The quantitative estimate of drug-likeness (QED) is 0.660. The Hall–Kier alpha value is -2.90. The molecule has 27 heavy (non-hydrogen) atoms. The summed E-state index contributed by atoms with van der Waals surface area (Å²) in [5, 5.41) is 5.14. The van der Waals surface area contributed by atoms with Gasteiger partial charge >= 0.3 is 5.97 Å². The molecule has 1 aliphatic rings. The molecule has 8 heteroatoms. The second-order valence-electron chi connectivity index (χ2n) is 6.35. The van der Waals surface area contributed by atoms with Crippen LogP contribution in [0.1, 0.15) is 43.5 Å². The van der Waals surface area contributed by atoms with Crippen LogP contribution in [-0.4, -0.2) is 49.4 Å². The number of carbonyl (C=O) groups is 4. The predicted octanol–water partition coefficient (Wildman–Crippen LogP) is 1.00. The van der Waals surface area contributed by atoms with Crippen LogP contribution in [0.3, 0.4) is 0 Å². The molecule has 0 spiro atoms. The molecular weight excluding hydrogens is 350 g/mol. The molecule has 0 aromatic heterocycles. The molecule has 0 radical (unpaired) electrons. The van der Waals surface area contributed by atoms with E-state index in [2.05, 4.69) is 10.6 Å². The standard InChI is InChI=1S/C19H25N3O5/c1-3-10-20-18(25)13(2)21-16(23)12-27-19(26)14-6-8-15(9-7-14)22-11-4-5-17(22)24/h6-9,13H,3-5,10-12H2,1-2H3,(H,20,25)(H,21,23)/t13-/m0/s1. The van der Waals surface area contributed by atoms with Gasteiger partial charge in [-0.2, -0.15) is 0 Å². The van der Waals surface area contributed by atoms with E-state index in [0.717, 1.165) is 18.5 Å². The molecule has 1 heterocycles. The highest BCUT2D eigenvalue weighted by Crippen LogP contribution is 2.21. The lowest BCUT2D eigenvalue weighted by Crippen LogP contribution is -2.46. The van der Waals surface area contributed by atoms with Gasteiger partial charge in [0.1, 0.15) is 6.04 Å². The van der Waals surface area contributed by atoms with Gasteiger partial charge in [-0.3, -0.25) is 14.4 Å². The molecular formula is C19H25N3O5. The number of rotatable bonds is 8. The number of nitrogens with one attached hydrogen (secondary N) is 2. The maximum atomic E-state index is 12.0. The van der Waals surface area contributed by atoms with Crippen molar-refractivity contribution < 1.29 is 23.9 Å². The second-order valence-corrected chi connectivity index (χ2v) is 6.35. The smallest absolute Gasteiger partial charge is 0.338 e. The number of benzene rings is 1. The monoisotopic (exact) mass is 375 g/mol. The van der Waals surface area contributed by atoms with Crippen LogP contribution >= 0.6 is 0 Å². The van der Waals surface area contributed by atoms with Crippen molar-refractivity contribution in [1.29, 1.82) is 0 Å². The van der Waals surface area contributed by atoms with Crippen LogP contribution in [0.15, 0.2) is 24.3 Å². The lowest BCUT2D eigenvalue weighted by Gasteiger charge is -2.16. The Morgan fingerprint density at radius 2 is 1.93 bits per heavy atom. The first kappa shape index (κ1) is 20.4. The van der Waals surface area contributed by atoms with E-state index in [0.29, 0.717) is 19.5 Å². The Balaban J connectivity index is 1.80. The van der Waals surface area contributed by atoms with Crippen LogP contribution in [0.25, 0.3) is 0 Å². The van der Waals surface area contributed by atoms with E-state index in [1.165, 1.54) is 0 Å². The van der Waals surface area contributed by atoms with Crippen LogP contribution in [0, 0.1) is 0 Å². The van der Waals surface area contributed by atoms with Crippen molar-refractivity contribution in [2.24, 2.45) is 0 Å². The minimum absolute atomic E-state index is 0.0686. The van der Waals surface area contributed by atoms with Crippen LogP contribution in [0.4, 0.5) is 5.69 Å². The maximum absolute atomic E-state index is 12.0. The fourth-order valence-electron chi connectivity index (χ4n) is 2.66. The van der Waals surface area contributed by atoms with Crippen LogP contribution in [0.2, 0.25) is 0 Å². The molecule has 8 nitrogen and oxygen atoms in total. The van der Waals surface area contributed by atoms with Crippen molar-refractivity contribution in [3.05, 3.63) is 29.8 Å². The van der Waals surface area contributed by atoms with Gasteiger partial charge in [-0.05, 0) is 44.0 Å². The van der Waals surface area contributed by atoms with Crippen LogP contribution in [-0.2, 0) is 19.1 Å². The molecule has 1 aliphatic heterocycles. The molecule has 3 amide bonds. The summed E-state index contributed by atoms with van der Waals surface area (Å²) in [4.78, 5) is 49.0. The van der Waals surface area contributed by atoms with Gasteiger partial charge in [0.2, 0.25) is 11.8 Å². The Labute approximate surface area is 158 Å². The summed E-state index contributed by atoms with van der Waals surface area (Å²) in [5.74, 6) is -1.42.